The maximum Gasteiger partial charge on any atom is 0.437 e. The number of oxime groups is 1. The number of rotatable bonds is 6. The van der Waals surface area contributed by atoms with Crippen LogP contribution in [0.2, 0.25) is 0 Å². The Morgan fingerprint density at radius 1 is 1.54 bits per heavy atom. The molecule has 0 aliphatic heterocycles. The van der Waals surface area contributed by atoms with Crippen LogP contribution >= 0.6 is 0 Å². The minimum Gasteiger partial charge on any atom is -0.365 e. The topological polar surface area (TPSA) is 66.5 Å². The second kappa shape index (κ2) is 9.55. The minimum atomic E-state index is -0.585. The Labute approximate surface area is 143 Å². The van der Waals surface area contributed by atoms with Gasteiger partial charge < -0.3 is 4.98 Å². The number of aromatic amines is 1. The highest BCUT2D eigenvalue weighted by atomic mass is 16.7. The van der Waals surface area contributed by atoms with Gasteiger partial charge in [0.2, 0.25) is 0 Å². The molecule has 0 bridgehead atoms. The largest absolute Gasteiger partial charge is 0.437 e. The zero-order chi connectivity index (χ0) is 17.2. The maximum atomic E-state index is 11.9. The molecule has 0 saturated heterocycles. The first-order valence-corrected chi connectivity index (χ1v) is 8.35. The molecule has 24 heavy (non-hydrogen) atoms. The minimum absolute atomic E-state index is 0.323. The van der Waals surface area contributed by atoms with Crippen molar-refractivity contribution >= 4 is 11.8 Å². The SMILES string of the molecule is C=C/C=C(\C=C\C)NC(=O)O/N=C1\CCCCC1Cc1ccc[nH]1. The fourth-order valence-electron chi connectivity index (χ4n) is 2.85. The first-order valence-electron chi connectivity index (χ1n) is 8.35. The Morgan fingerprint density at radius 3 is 3.12 bits per heavy atom. The van der Waals surface area contributed by atoms with E-state index < -0.39 is 6.09 Å². The number of nitrogens with zero attached hydrogens (tertiary/aromatic N) is 1. The standard InChI is InChI=1S/C19H25N3O2/c1-3-8-16(9-4-2)21-19(23)24-22-18-12-6-5-10-15(18)14-17-11-7-13-20-17/h3-4,7-9,11,13,15,20H,1,5-6,10,12,14H2,2H3,(H,21,23)/b9-4+,16-8+,22-18+. The maximum absolute atomic E-state index is 11.9. The van der Waals surface area contributed by atoms with E-state index in [0.717, 1.165) is 31.4 Å². The molecule has 2 N–H and O–H groups in total. The zero-order valence-electron chi connectivity index (χ0n) is 14.1. The number of carbonyl (C=O) groups excluding carboxylic acids is 1. The third kappa shape index (κ3) is 5.57. The quantitative estimate of drug-likeness (QED) is 0.460. The van der Waals surface area contributed by atoms with Crippen LogP contribution in [0, 0.1) is 5.92 Å². The molecule has 5 nitrogen and oxygen atoms in total. The van der Waals surface area contributed by atoms with Crippen LogP contribution in [0.3, 0.4) is 0 Å². The molecule has 1 heterocycles. The molecule has 1 aliphatic rings. The summed E-state index contributed by atoms with van der Waals surface area (Å²) < 4.78 is 0. The Morgan fingerprint density at radius 2 is 2.42 bits per heavy atom. The number of allylic oxidation sites excluding steroid dienone is 4. The summed E-state index contributed by atoms with van der Waals surface area (Å²) in [6.07, 6.45) is 13.4. The van der Waals surface area contributed by atoms with Gasteiger partial charge in [0.25, 0.3) is 0 Å². The van der Waals surface area contributed by atoms with E-state index in [1.54, 1.807) is 18.2 Å². The molecule has 0 spiro atoms. The second-order valence-electron chi connectivity index (χ2n) is 5.79. The van der Waals surface area contributed by atoms with Crippen molar-refractivity contribution in [3.05, 3.63) is 60.6 Å². The summed E-state index contributed by atoms with van der Waals surface area (Å²) in [5.74, 6) is 0.323. The Bertz CT molecular complexity index is 627. The van der Waals surface area contributed by atoms with Crippen LogP contribution in [0.25, 0.3) is 0 Å². The Kier molecular flexibility index (Phi) is 7.08. The van der Waals surface area contributed by atoms with Crippen molar-refractivity contribution in [2.75, 3.05) is 0 Å². The average molecular weight is 327 g/mol. The zero-order valence-corrected chi connectivity index (χ0v) is 14.1. The monoisotopic (exact) mass is 327 g/mol. The van der Waals surface area contributed by atoms with Gasteiger partial charge in [0.15, 0.2) is 0 Å². The number of hydrogen-bond acceptors (Lipinski definition) is 3. The number of nitrogens with one attached hydrogen (secondary N) is 2. The molecule has 1 aliphatic carbocycles. The normalized spacial score (nSPS) is 20.3. The number of amides is 1. The molecule has 128 valence electrons. The van der Waals surface area contributed by atoms with E-state index in [-0.39, 0.29) is 0 Å². The van der Waals surface area contributed by atoms with Gasteiger partial charge in [0.1, 0.15) is 0 Å². The van der Waals surface area contributed by atoms with Crippen LogP contribution in [0.1, 0.15) is 38.3 Å². The van der Waals surface area contributed by atoms with Crippen molar-refractivity contribution in [2.45, 2.75) is 39.0 Å². The lowest BCUT2D eigenvalue weighted by molar-refractivity contribution is 0.152. The molecular weight excluding hydrogens is 302 g/mol. The molecule has 5 heteroatoms. The van der Waals surface area contributed by atoms with E-state index in [9.17, 15) is 4.79 Å². The van der Waals surface area contributed by atoms with Crippen LogP contribution < -0.4 is 5.32 Å². The van der Waals surface area contributed by atoms with Crippen molar-refractivity contribution in [1.29, 1.82) is 0 Å². The van der Waals surface area contributed by atoms with E-state index in [4.69, 9.17) is 4.84 Å². The first-order chi connectivity index (χ1) is 11.7. The molecule has 1 saturated carbocycles. The predicted molar refractivity (Wildman–Crippen MR) is 96.6 cm³/mol. The lowest BCUT2D eigenvalue weighted by Gasteiger charge is -2.22. The van der Waals surface area contributed by atoms with Crippen molar-refractivity contribution in [3.8, 4) is 0 Å². The fraction of sp³-hybridized carbons (Fsp3) is 0.368. The van der Waals surface area contributed by atoms with Crippen molar-refractivity contribution in [2.24, 2.45) is 11.1 Å². The highest BCUT2D eigenvalue weighted by Crippen LogP contribution is 2.25. The van der Waals surface area contributed by atoms with Crippen molar-refractivity contribution < 1.29 is 9.63 Å². The van der Waals surface area contributed by atoms with E-state index >= 15 is 0 Å². The predicted octanol–water partition coefficient (Wildman–Crippen LogP) is 4.48. The van der Waals surface area contributed by atoms with Crippen LogP contribution in [-0.2, 0) is 11.3 Å². The van der Waals surface area contributed by atoms with Gasteiger partial charge in [-0.05, 0) is 56.9 Å². The molecule has 0 aromatic carbocycles. The summed E-state index contributed by atoms with van der Waals surface area (Å²) in [6.45, 7) is 5.49. The van der Waals surface area contributed by atoms with Gasteiger partial charge in [-0.3, -0.25) is 10.2 Å². The van der Waals surface area contributed by atoms with Crippen LogP contribution in [0.15, 0.2) is 60.1 Å². The lowest BCUT2D eigenvalue weighted by Crippen LogP contribution is -2.25. The molecule has 1 aromatic rings. The summed E-state index contributed by atoms with van der Waals surface area (Å²) in [5.41, 5.74) is 2.76. The smallest absolute Gasteiger partial charge is 0.365 e. The van der Waals surface area contributed by atoms with Crippen LogP contribution in [0.4, 0.5) is 4.79 Å². The highest BCUT2D eigenvalue weighted by molar-refractivity contribution is 5.87. The second-order valence-corrected chi connectivity index (χ2v) is 5.79. The summed E-state index contributed by atoms with van der Waals surface area (Å²) in [6, 6.07) is 4.07. The van der Waals surface area contributed by atoms with E-state index in [1.807, 2.05) is 25.3 Å². The molecule has 1 unspecified atom stereocenters. The summed E-state index contributed by atoms with van der Waals surface area (Å²) in [4.78, 5) is 20.2. The van der Waals surface area contributed by atoms with E-state index in [1.165, 1.54) is 12.1 Å². The number of hydrogen-bond donors (Lipinski definition) is 2. The third-order valence-corrected chi connectivity index (χ3v) is 3.97. The molecule has 2 rings (SSSR count). The lowest BCUT2D eigenvalue weighted by atomic mass is 9.84. The summed E-state index contributed by atoms with van der Waals surface area (Å²) in [7, 11) is 0. The summed E-state index contributed by atoms with van der Waals surface area (Å²) in [5, 5.41) is 6.78. The van der Waals surface area contributed by atoms with Gasteiger partial charge in [-0.15, -0.1) is 0 Å². The van der Waals surface area contributed by atoms with Crippen LogP contribution in [-0.4, -0.2) is 16.8 Å². The van der Waals surface area contributed by atoms with Crippen molar-refractivity contribution in [3.63, 3.8) is 0 Å². The van der Waals surface area contributed by atoms with Gasteiger partial charge >= 0.3 is 6.09 Å². The van der Waals surface area contributed by atoms with Gasteiger partial charge in [-0.1, -0.05) is 30.3 Å². The van der Waals surface area contributed by atoms with E-state index in [0.29, 0.717) is 11.6 Å². The number of aromatic nitrogens is 1. The highest BCUT2D eigenvalue weighted by Gasteiger charge is 2.22. The molecule has 0 radical (unpaired) electrons. The molecule has 1 aromatic heterocycles. The number of carbonyl (C=O) groups is 1. The Balaban J connectivity index is 1.95. The molecule has 1 atom stereocenters. The van der Waals surface area contributed by atoms with Gasteiger partial charge in [0.05, 0.1) is 5.71 Å². The molecular formula is C19H25N3O2. The van der Waals surface area contributed by atoms with Crippen LogP contribution in [0.5, 0.6) is 0 Å². The molecule has 1 amide bonds. The number of H-pyrrole nitrogens is 1. The van der Waals surface area contributed by atoms with Gasteiger partial charge in [-0.25, -0.2) is 4.79 Å². The third-order valence-electron chi connectivity index (χ3n) is 3.97. The summed E-state index contributed by atoms with van der Waals surface area (Å²) >= 11 is 0. The van der Waals surface area contributed by atoms with Gasteiger partial charge in [0, 0.05) is 23.5 Å². The average Bonchev–Trinajstić information content (AvgIpc) is 3.07. The fourth-order valence-corrected chi connectivity index (χ4v) is 2.85. The van der Waals surface area contributed by atoms with E-state index in [2.05, 4.69) is 28.1 Å². The Hall–Kier alpha value is -2.56. The van der Waals surface area contributed by atoms with Crippen molar-refractivity contribution in [1.82, 2.24) is 10.3 Å². The molecule has 1 fully saturated rings. The first kappa shape index (κ1) is 17.8. The van der Waals surface area contributed by atoms with Gasteiger partial charge in [-0.2, -0.15) is 0 Å².